The van der Waals surface area contributed by atoms with Crippen LogP contribution in [0.1, 0.15) is 12.8 Å². The Kier molecular flexibility index (Phi) is 3.63. The molecule has 0 aromatic rings. The van der Waals surface area contributed by atoms with Crippen molar-refractivity contribution in [3.63, 3.8) is 0 Å². The lowest BCUT2D eigenvalue weighted by atomic mass is 9.87. The number of nitrogens with zero attached hydrogens (tertiary/aromatic N) is 1. The SMILES string of the molecule is CNC(=O)NC(=O)CN1CCC2(CCNC2)C1. The third kappa shape index (κ3) is 2.95. The lowest BCUT2D eigenvalue weighted by molar-refractivity contribution is -0.121. The molecule has 1 spiro atoms. The molecule has 2 saturated heterocycles. The molecule has 3 amide bonds. The van der Waals surface area contributed by atoms with Crippen LogP contribution in [0.2, 0.25) is 0 Å². The third-order valence-electron chi connectivity index (χ3n) is 3.70. The lowest BCUT2D eigenvalue weighted by Crippen LogP contribution is -2.43. The van der Waals surface area contributed by atoms with Crippen LogP contribution in [0, 0.1) is 5.41 Å². The van der Waals surface area contributed by atoms with Crippen molar-refractivity contribution in [1.82, 2.24) is 20.9 Å². The summed E-state index contributed by atoms with van der Waals surface area (Å²) in [6.45, 7) is 4.36. The maximum Gasteiger partial charge on any atom is 0.321 e. The minimum Gasteiger partial charge on any atom is -0.341 e. The molecule has 2 fully saturated rings. The van der Waals surface area contributed by atoms with Gasteiger partial charge >= 0.3 is 6.03 Å². The maximum atomic E-state index is 11.5. The summed E-state index contributed by atoms with van der Waals surface area (Å²) in [6.07, 6.45) is 2.34. The Hall–Kier alpha value is -1.14. The first-order valence-corrected chi connectivity index (χ1v) is 6.08. The highest BCUT2D eigenvalue weighted by atomic mass is 16.2. The standard InChI is InChI=1S/C11H20N4O2/c1-12-10(17)14-9(16)6-15-5-3-11(8-15)2-4-13-7-11/h13H,2-8H2,1H3,(H2,12,14,16,17). The zero-order valence-corrected chi connectivity index (χ0v) is 10.2. The van der Waals surface area contributed by atoms with E-state index in [2.05, 4.69) is 20.9 Å². The van der Waals surface area contributed by atoms with Gasteiger partial charge in [-0.15, -0.1) is 0 Å². The number of carbonyl (C=O) groups is 2. The topological polar surface area (TPSA) is 73.5 Å². The van der Waals surface area contributed by atoms with Crippen LogP contribution in [-0.4, -0.2) is 56.6 Å². The third-order valence-corrected chi connectivity index (χ3v) is 3.70. The van der Waals surface area contributed by atoms with Crippen LogP contribution < -0.4 is 16.0 Å². The molecule has 2 rings (SSSR count). The second-order valence-electron chi connectivity index (χ2n) is 5.01. The zero-order valence-electron chi connectivity index (χ0n) is 10.2. The van der Waals surface area contributed by atoms with E-state index in [0.717, 1.165) is 32.6 Å². The number of hydrogen-bond acceptors (Lipinski definition) is 4. The van der Waals surface area contributed by atoms with Gasteiger partial charge in [-0.2, -0.15) is 0 Å². The van der Waals surface area contributed by atoms with E-state index < -0.39 is 6.03 Å². The highest BCUT2D eigenvalue weighted by Gasteiger charge is 2.40. The molecule has 0 aromatic carbocycles. The number of amides is 3. The molecule has 6 nitrogen and oxygen atoms in total. The number of carbonyl (C=O) groups excluding carboxylic acids is 2. The molecule has 0 bridgehead atoms. The van der Waals surface area contributed by atoms with Crippen LogP contribution in [0.25, 0.3) is 0 Å². The monoisotopic (exact) mass is 240 g/mol. The van der Waals surface area contributed by atoms with Gasteiger partial charge in [-0.25, -0.2) is 4.79 Å². The molecule has 6 heteroatoms. The number of urea groups is 1. The van der Waals surface area contributed by atoms with E-state index in [4.69, 9.17) is 0 Å². The minimum absolute atomic E-state index is 0.229. The molecule has 2 aliphatic heterocycles. The molecule has 17 heavy (non-hydrogen) atoms. The van der Waals surface area contributed by atoms with E-state index in [1.54, 1.807) is 0 Å². The molecule has 0 saturated carbocycles. The van der Waals surface area contributed by atoms with E-state index in [-0.39, 0.29) is 5.91 Å². The highest BCUT2D eigenvalue weighted by molar-refractivity contribution is 5.95. The van der Waals surface area contributed by atoms with Crippen LogP contribution in [-0.2, 0) is 4.79 Å². The second kappa shape index (κ2) is 5.01. The van der Waals surface area contributed by atoms with Gasteiger partial charge < -0.3 is 10.6 Å². The normalized spacial score (nSPS) is 28.5. The summed E-state index contributed by atoms with van der Waals surface area (Å²) in [5.74, 6) is -0.229. The Labute approximate surface area is 101 Å². The van der Waals surface area contributed by atoms with Crippen LogP contribution in [0.4, 0.5) is 4.79 Å². The predicted molar refractivity (Wildman–Crippen MR) is 63.6 cm³/mol. The molecular weight excluding hydrogens is 220 g/mol. The largest absolute Gasteiger partial charge is 0.341 e. The number of likely N-dealkylation sites (tertiary alicyclic amines) is 1. The molecule has 0 radical (unpaired) electrons. The Bertz CT molecular complexity index is 313. The first kappa shape index (κ1) is 12.3. The molecule has 0 aliphatic carbocycles. The summed E-state index contributed by atoms with van der Waals surface area (Å²) < 4.78 is 0. The molecule has 2 heterocycles. The fourth-order valence-corrected chi connectivity index (χ4v) is 2.74. The fourth-order valence-electron chi connectivity index (χ4n) is 2.74. The van der Waals surface area contributed by atoms with Crippen molar-refractivity contribution >= 4 is 11.9 Å². The van der Waals surface area contributed by atoms with Crippen molar-refractivity contribution in [2.75, 3.05) is 39.8 Å². The van der Waals surface area contributed by atoms with Crippen molar-refractivity contribution in [3.8, 4) is 0 Å². The minimum atomic E-state index is -0.438. The van der Waals surface area contributed by atoms with Crippen LogP contribution in [0.15, 0.2) is 0 Å². The Morgan fingerprint density at radius 3 is 2.88 bits per heavy atom. The first-order chi connectivity index (χ1) is 8.13. The summed E-state index contributed by atoms with van der Waals surface area (Å²) in [7, 11) is 1.50. The quantitative estimate of drug-likeness (QED) is 0.586. The smallest absolute Gasteiger partial charge is 0.321 e. The Morgan fingerprint density at radius 2 is 2.24 bits per heavy atom. The van der Waals surface area contributed by atoms with Gasteiger partial charge in [0.1, 0.15) is 0 Å². The number of nitrogens with one attached hydrogen (secondary N) is 3. The fraction of sp³-hybridized carbons (Fsp3) is 0.818. The molecule has 96 valence electrons. The lowest BCUT2D eigenvalue weighted by Gasteiger charge is -2.22. The summed E-state index contributed by atoms with van der Waals surface area (Å²) in [5.41, 5.74) is 0.368. The highest BCUT2D eigenvalue weighted by Crippen LogP contribution is 2.35. The van der Waals surface area contributed by atoms with E-state index in [9.17, 15) is 9.59 Å². The number of hydrogen-bond donors (Lipinski definition) is 3. The van der Waals surface area contributed by atoms with E-state index >= 15 is 0 Å². The van der Waals surface area contributed by atoms with Crippen molar-refractivity contribution in [2.24, 2.45) is 5.41 Å². The van der Waals surface area contributed by atoms with Gasteiger partial charge in [0.05, 0.1) is 6.54 Å². The molecular formula is C11H20N4O2. The van der Waals surface area contributed by atoms with Gasteiger partial charge in [0.15, 0.2) is 0 Å². The zero-order chi connectivity index (χ0) is 12.3. The van der Waals surface area contributed by atoms with E-state index in [1.807, 2.05) is 0 Å². The summed E-state index contributed by atoms with van der Waals surface area (Å²) in [4.78, 5) is 24.6. The first-order valence-electron chi connectivity index (χ1n) is 6.08. The van der Waals surface area contributed by atoms with Crippen molar-refractivity contribution < 1.29 is 9.59 Å². The number of rotatable bonds is 2. The number of imide groups is 1. The van der Waals surface area contributed by atoms with Crippen LogP contribution >= 0.6 is 0 Å². The van der Waals surface area contributed by atoms with Gasteiger partial charge in [0.2, 0.25) is 5.91 Å². The van der Waals surface area contributed by atoms with Crippen LogP contribution in [0.3, 0.4) is 0 Å². The molecule has 2 aliphatic rings. The van der Waals surface area contributed by atoms with E-state index in [1.165, 1.54) is 13.5 Å². The molecule has 0 aromatic heterocycles. The van der Waals surface area contributed by atoms with Crippen molar-refractivity contribution in [1.29, 1.82) is 0 Å². The second-order valence-corrected chi connectivity index (χ2v) is 5.01. The summed E-state index contributed by atoms with van der Waals surface area (Å²) >= 11 is 0. The van der Waals surface area contributed by atoms with Gasteiger partial charge in [0.25, 0.3) is 0 Å². The average Bonchev–Trinajstić information content (AvgIpc) is 2.90. The Balaban J connectivity index is 1.77. The van der Waals surface area contributed by atoms with Crippen molar-refractivity contribution in [2.45, 2.75) is 12.8 Å². The Morgan fingerprint density at radius 1 is 1.41 bits per heavy atom. The average molecular weight is 240 g/mol. The molecule has 3 N–H and O–H groups in total. The maximum absolute atomic E-state index is 11.5. The molecule has 1 unspecified atom stereocenters. The predicted octanol–water partition coefficient (Wildman–Crippen LogP) is -0.873. The van der Waals surface area contributed by atoms with Crippen LogP contribution in [0.5, 0.6) is 0 Å². The molecule has 1 atom stereocenters. The summed E-state index contributed by atoms with van der Waals surface area (Å²) in [6, 6.07) is -0.438. The van der Waals surface area contributed by atoms with E-state index in [0.29, 0.717) is 12.0 Å². The summed E-state index contributed by atoms with van der Waals surface area (Å²) in [5, 5.41) is 8.04. The van der Waals surface area contributed by atoms with Gasteiger partial charge in [0, 0.05) is 20.1 Å². The van der Waals surface area contributed by atoms with Gasteiger partial charge in [-0.05, 0) is 31.3 Å². The van der Waals surface area contributed by atoms with Gasteiger partial charge in [-0.3, -0.25) is 15.0 Å². The van der Waals surface area contributed by atoms with Gasteiger partial charge in [-0.1, -0.05) is 0 Å². The van der Waals surface area contributed by atoms with Crippen molar-refractivity contribution in [3.05, 3.63) is 0 Å².